The van der Waals surface area contributed by atoms with Gasteiger partial charge in [-0.15, -0.1) is 11.3 Å². The molecule has 13 aromatic rings. The summed E-state index contributed by atoms with van der Waals surface area (Å²) in [6.07, 6.45) is 0. The number of hydrogen-bond acceptors (Lipinski definition) is 5. The number of hydrogen-bond donors (Lipinski definition) is 0. The predicted molar refractivity (Wildman–Crippen MR) is 262 cm³/mol. The molecule has 0 amide bonds. The fourth-order valence-electron chi connectivity index (χ4n) is 11.3. The molecule has 0 atom stereocenters. The van der Waals surface area contributed by atoms with Crippen molar-refractivity contribution >= 4 is 75.3 Å². The molecule has 2 aliphatic carbocycles. The van der Waals surface area contributed by atoms with Gasteiger partial charge in [0.25, 0.3) is 0 Å². The first-order valence-corrected chi connectivity index (χ1v) is 22.5. The number of nitrogens with zero attached hydrogens (tertiary/aromatic N) is 4. The largest absolute Gasteiger partial charge is 0.456 e. The summed E-state index contributed by atoms with van der Waals surface area (Å²) in [4.78, 5) is 16.4. The smallest absolute Gasteiger partial charge is 0.238 e. The van der Waals surface area contributed by atoms with Crippen molar-refractivity contribution in [3.8, 4) is 51.0 Å². The van der Waals surface area contributed by atoms with E-state index in [0.717, 1.165) is 59.6 Å². The number of thiophene rings is 1. The van der Waals surface area contributed by atoms with Crippen LogP contribution in [-0.4, -0.2) is 19.5 Å². The molecule has 0 aliphatic heterocycles. The van der Waals surface area contributed by atoms with Gasteiger partial charge in [0, 0.05) is 58.4 Å². The summed E-state index contributed by atoms with van der Waals surface area (Å²) in [5, 5.41) is 6.87. The lowest BCUT2D eigenvalue weighted by Gasteiger charge is -2.30. The Morgan fingerprint density at radius 1 is 0.422 bits per heavy atom. The second kappa shape index (κ2) is 12.5. The highest BCUT2D eigenvalue weighted by Crippen LogP contribution is 2.64. The molecule has 296 valence electrons. The molecule has 0 unspecified atom stereocenters. The Labute approximate surface area is 370 Å². The Hall–Kier alpha value is -8.19. The highest BCUT2D eigenvalue weighted by atomic mass is 32.1. The molecule has 0 saturated heterocycles. The topological polar surface area (TPSA) is 56.7 Å². The highest BCUT2D eigenvalue weighted by Gasteiger charge is 2.52. The molecular formula is C58H32N4OS. The van der Waals surface area contributed by atoms with Crippen molar-refractivity contribution < 1.29 is 4.42 Å². The Balaban J connectivity index is 1.07. The molecule has 15 rings (SSSR count). The van der Waals surface area contributed by atoms with E-state index in [1.165, 1.54) is 60.0 Å². The number of benzene rings is 9. The van der Waals surface area contributed by atoms with Gasteiger partial charge in [-0.05, 0) is 75.3 Å². The zero-order valence-corrected chi connectivity index (χ0v) is 34.9. The molecule has 6 heteroatoms. The van der Waals surface area contributed by atoms with Gasteiger partial charge in [0.2, 0.25) is 5.95 Å². The SMILES string of the molecule is c1ccc2c(c1)-c1ccccc1C21c2ccccc2-c2c1ccc1c3ccccc3n(-c3nc(-c4ccc5c(c4)oc4ccccc45)nc(-c4cccc5c4sc4ccccc45)n3)c21. The van der Waals surface area contributed by atoms with Gasteiger partial charge >= 0.3 is 0 Å². The Kier molecular flexibility index (Phi) is 6.70. The van der Waals surface area contributed by atoms with E-state index in [9.17, 15) is 0 Å². The van der Waals surface area contributed by atoms with Crippen LogP contribution in [0.25, 0.3) is 115 Å². The second-order valence-corrected chi connectivity index (χ2v) is 18.0. The normalized spacial score (nSPS) is 13.4. The maximum Gasteiger partial charge on any atom is 0.238 e. The van der Waals surface area contributed by atoms with E-state index < -0.39 is 5.41 Å². The van der Waals surface area contributed by atoms with Crippen molar-refractivity contribution in [2.75, 3.05) is 0 Å². The molecule has 0 saturated carbocycles. The maximum atomic E-state index is 6.44. The molecule has 64 heavy (non-hydrogen) atoms. The summed E-state index contributed by atoms with van der Waals surface area (Å²) < 4.78 is 11.1. The van der Waals surface area contributed by atoms with Crippen molar-refractivity contribution in [3.05, 3.63) is 216 Å². The molecule has 2 aliphatic rings. The number of furan rings is 1. The molecule has 0 radical (unpaired) electrons. The van der Waals surface area contributed by atoms with Gasteiger partial charge in [-0.2, -0.15) is 9.97 Å². The van der Waals surface area contributed by atoms with Crippen LogP contribution in [0.4, 0.5) is 0 Å². The fourth-order valence-corrected chi connectivity index (χ4v) is 12.6. The fraction of sp³-hybridized carbons (Fsp3) is 0.0172. The van der Waals surface area contributed by atoms with E-state index in [4.69, 9.17) is 19.4 Å². The molecule has 4 aromatic heterocycles. The number of rotatable bonds is 3. The highest BCUT2D eigenvalue weighted by molar-refractivity contribution is 7.26. The van der Waals surface area contributed by atoms with Gasteiger partial charge in [0.15, 0.2) is 11.6 Å². The lowest BCUT2D eigenvalue weighted by Crippen LogP contribution is -2.25. The molecule has 5 nitrogen and oxygen atoms in total. The molecule has 0 N–H and O–H groups in total. The van der Waals surface area contributed by atoms with E-state index in [0.29, 0.717) is 17.6 Å². The van der Waals surface area contributed by atoms with Gasteiger partial charge < -0.3 is 4.42 Å². The molecule has 0 fully saturated rings. The van der Waals surface area contributed by atoms with Crippen LogP contribution in [0, 0.1) is 0 Å². The van der Waals surface area contributed by atoms with Crippen LogP contribution in [0.15, 0.2) is 199 Å². The minimum atomic E-state index is -0.497. The summed E-state index contributed by atoms with van der Waals surface area (Å²) in [5.41, 5.74) is 15.3. The van der Waals surface area contributed by atoms with Crippen molar-refractivity contribution in [1.29, 1.82) is 0 Å². The van der Waals surface area contributed by atoms with Crippen LogP contribution in [-0.2, 0) is 5.41 Å². The average molecular weight is 833 g/mol. The predicted octanol–water partition coefficient (Wildman–Crippen LogP) is 14.9. The van der Waals surface area contributed by atoms with E-state index in [2.05, 4.69) is 187 Å². The first-order valence-electron chi connectivity index (χ1n) is 21.7. The van der Waals surface area contributed by atoms with E-state index in [1.54, 1.807) is 11.3 Å². The standard InChI is InChI=1S/C58H32N4OS/c1-7-22-44-34(14-1)35-15-2-8-23-45(35)58(44)46-24-9-3-19-42(46)52-47(58)31-30-40-36-16-4-10-25-48(36)62(53(40)52)57-60-55(33-28-29-38-37-17-5-11-26-49(37)63-50(38)32-33)59-56(61-57)43-21-13-20-41-39-18-6-12-27-51(39)64-54(41)43/h1-32H. The summed E-state index contributed by atoms with van der Waals surface area (Å²) >= 11 is 1.78. The van der Waals surface area contributed by atoms with Crippen LogP contribution in [0.3, 0.4) is 0 Å². The van der Waals surface area contributed by atoms with Gasteiger partial charge in [0.05, 0.1) is 16.4 Å². The third-order valence-electron chi connectivity index (χ3n) is 13.9. The third kappa shape index (κ3) is 4.35. The van der Waals surface area contributed by atoms with Gasteiger partial charge in [-0.1, -0.05) is 158 Å². The number of fused-ring (bicyclic) bond motifs is 20. The van der Waals surface area contributed by atoms with Crippen molar-refractivity contribution in [3.63, 3.8) is 0 Å². The monoisotopic (exact) mass is 832 g/mol. The summed E-state index contributed by atoms with van der Waals surface area (Å²) in [6.45, 7) is 0. The first-order chi connectivity index (χ1) is 31.7. The molecule has 0 bridgehead atoms. The Morgan fingerprint density at radius 3 is 1.86 bits per heavy atom. The summed E-state index contributed by atoms with van der Waals surface area (Å²) in [5.74, 6) is 1.76. The van der Waals surface area contributed by atoms with E-state index in [-0.39, 0.29) is 0 Å². The lowest BCUT2D eigenvalue weighted by atomic mass is 9.70. The van der Waals surface area contributed by atoms with Crippen LogP contribution in [0.5, 0.6) is 0 Å². The van der Waals surface area contributed by atoms with E-state index >= 15 is 0 Å². The molecular weight excluding hydrogens is 801 g/mol. The van der Waals surface area contributed by atoms with Gasteiger partial charge in [0.1, 0.15) is 11.2 Å². The van der Waals surface area contributed by atoms with Crippen molar-refractivity contribution in [1.82, 2.24) is 19.5 Å². The molecule has 4 heterocycles. The quantitative estimate of drug-likeness (QED) is 0.178. The number of para-hydroxylation sites is 2. The minimum absolute atomic E-state index is 0.497. The zero-order valence-electron chi connectivity index (χ0n) is 34.1. The van der Waals surface area contributed by atoms with Crippen LogP contribution >= 0.6 is 11.3 Å². The minimum Gasteiger partial charge on any atom is -0.456 e. The Morgan fingerprint density at radius 2 is 1.03 bits per heavy atom. The summed E-state index contributed by atoms with van der Waals surface area (Å²) in [6, 6.07) is 70.0. The van der Waals surface area contributed by atoms with Crippen molar-refractivity contribution in [2.24, 2.45) is 0 Å². The second-order valence-electron chi connectivity index (χ2n) is 17.0. The van der Waals surface area contributed by atoms with Crippen LogP contribution in [0.2, 0.25) is 0 Å². The van der Waals surface area contributed by atoms with Crippen molar-refractivity contribution in [2.45, 2.75) is 5.41 Å². The molecule has 1 spiro atoms. The maximum absolute atomic E-state index is 6.44. The Bertz CT molecular complexity index is 4130. The zero-order chi connectivity index (χ0) is 41.7. The number of aromatic nitrogens is 4. The summed E-state index contributed by atoms with van der Waals surface area (Å²) in [7, 11) is 0. The first kappa shape index (κ1) is 34.4. The lowest BCUT2D eigenvalue weighted by molar-refractivity contribution is 0.669. The van der Waals surface area contributed by atoms with E-state index in [1.807, 2.05) is 12.1 Å². The van der Waals surface area contributed by atoms with Gasteiger partial charge in [-0.25, -0.2) is 4.98 Å². The average Bonchev–Trinajstić information content (AvgIpc) is 4.15. The van der Waals surface area contributed by atoms with Crippen LogP contribution < -0.4 is 0 Å². The van der Waals surface area contributed by atoms with Crippen LogP contribution in [0.1, 0.15) is 22.3 Å². The third-order valence-corrected chi connectivity index (χ3v) is 15.1. The molecule has 9 aromatic carbocycles. The van der Waals surface area contributed by atoms with Gasteiger partial charge in [-0.3, -0.25) is 4.57 Å².